The fraction of sp³-hybridized carbons (Fsp3) is 0.667. The highest BCUT2D eigenvalue weighted by Gasteiger charge is 2.15. The first-order valence-electron chi connectivity index (χ1n) is 2.99. The topological polar surface area (TPSA) is 6.48 Å². The van der Waals surface area contributed by atoms with Crippen LogP contribution in [0.1, 0.15) is 6.92 Å². The minimum absolute atomic E-state index is 0. The average Bonchev–Trinajstić information content (AvgIpc) is 2.13. The van der Waals surface area contributed by atoms with E-state index < -0.39 is 0 Å². The average molecular weight is 181 g/mol. The molecule has 1 unspecified atom stereocenters. The molecule has 0 aromatic carbocycles. The summed E-state index contributed by atoms with van der Waals surface area (Å²) in [6.07, 6.45) is 2.09. The summed E-state index contributed by atoms with van der Waals surface area (Å²) in [5.74, 6) is 0. The zero-order valence-electron chi connectivity index (χ0n) is 6.44. The van der Waals surface area contributed by atoms with Gasteiger partial charge in [0.25, 0.3) is 0 Å². The van der Waals surface area contributed by atoms with Crippen molar-refractivity contribution in [1.82, 2.24) is 10.0 Å². The van der Waals surface area contributed by atoms with Gasteiger partial charge >= 0.3 is 0 Å². The number of thioether (sulfide) groups is 1. The van der Waals surface area contributed by atoms with E-state index in [1.54, 1.807) is 0 Å². The second kappa shape index (κ2) is 4.11. The van der Waals surface area contributed by atoms with Crippen LogP contribution < -0.4 is 0 Å². The fourth-order valence-corrected chi connectivity index (χ4v) is 1.66. The zero-order valence-corrected chi connectivity index (χ0v) is 8.08. The Labute approximate surface area is 72.6 Å². The van der Waals surface area contributed by atoms with Crippen molar-refractivity contribution in [2.24, 2.45) is 0 Å². The molecule has 0 radical (unpaired) electrons. The van der Waals surface area contributed by atoms with E-state index >= 15 is 0 Å². The van der Waals surface area contributed by atoms with Crippen molar-refractivity contribution < 1.29 is 0 Å². The molecular weight excluding hydrogens is 168 g/mol. The highest BCUT2D eigenvalue weighted by Crippen LogP contribution is 2.24. The Morgan fingerprint density at radius 2 is 2.10 bits per heavy atom. The molecule has 0 aromatic rings. The summed E-state index contributed by atoms with van der Waals surface area (Å²) < 4.78 is 0. The molecule has 0 bridgehead atoms. The van der Waals surface area contributed by atoms with Crippen LogP contribution in [0.4, 0.5) is 0 Å². The fourth-order valence-electron chi connectivity index (χ4n) is 0.853. The van der Waals surface area contributed by atoms with Gasteiger partial charge in [-0.2, -0.15) is 0 Å². The molecule has 1 aliphatic heterocycles. The molecule has 10 heavy (non-hydrogen) atoms. The maximum absolute atomic E-state index is 2.19. The van der Waals surface area contributed by atoms with E-state index in [-0.39, 0.29) is 12.4 Å². The number of hydrogen-bond donors (Lipinski definition) is 0. The lowest BCUT2D eigenvalue weighted by atomic mass is 10.7. The highest BCUT2D eigenvalue weighted by atomic mass is 35.5. The van der Waals surface area contributed by atoms with E-state index in [2.05, 4.69) is 28.5 Å². The first kappa shape index (κ1) is 10.1. The molecule has 0 saturated carbocycles. The number of halogens is 1. The van der Waals surface area contributed by atoms with Gasteiger partial charge in [-0.05, 0) is 12.3 Å². The number of hydrogen-bond acceptors (Lipinski definition) is 3. The Balaban J connectivity index is 0.000000810. The lowest BCUT2D eigenvalue weighted by molar-refractivity contribution is 0.0798. The largest absolute Gasteiger partial charge is 0.300 e. The summed E-state index contributed by atoms with van der Waals surface area (Å²) >= 11 is 1.84. The van der Waals surface area contributed by atoms with Crippen molar-refractivity contribution in [2.75, 3.05) is 14.1 Å². The third-order valence-corrected chi connectivity index (χ3v) is 2.21. The Hall–Kier alpha value is 0.140. The predicted molar refractivity (Wildman–Crippen MR) is 49.0 cm³/mol. The van der Waals surface area contributed by atoms with Gasteiger partial charge in [0.15, 0.2) is 0 Å². The summed E-state index contributed by atoms with van der Waals surface area (Å²) in [4.78, 5) is 0. The number of nitrogens with zero attached hydrogens (tertiary/aromatic N) is 2. The van der Waals surface area contributed by atoms with Crippen LogP contribution in [0.5, 0.6) is 0 Å². The summed E-state index contributed by atoms with van der Waals surface area (Å²) in [6, 6.07) is 0. The second-order valence-corrected chi connectivity index (χ2v) is 3.47. The van der Waals surface area contributed by atoms with Crippen molar-refractivity contribution in [3.63, 3.8) is 0 Å². The summed E-state index contributed by atoms with van der Waals surface area (Å²) in [6.45, 7) is 2.19. The van der Waals surface area contributed by atoms with Crippen LogP contribution in [-0.4, -0.2) is 29.5 Å². The normalized spacial score (nSPS) is 23.6. The van der Waals surface area contributed by atoms with Crippen LogP contribution in [0.25, 0.3) is 0 Å². The van der Waals surface area contributed by atoms with Crippen molar-refractivity contribution in [3.8, 4) is 0 Å². The molecule has 0 amide bonds. The lowest BCUT2D eigenvalue weighted by Crippen LogP contribution is -2.34. The first-order chi connectivity index (χ1) is 4.22. The standard InChI is InChI=1S/C6H12N2S.ClH/c1-6-8(7(2)3)4-5-9-6;/h4-6H,1-3H3;1H. The van der Waals surface area contributed by atoms with Crippen LogP contribution in [-0.2, 0) is 0 Å². The molecule has 1 heterocycles. The second-order valence-electron chi connectivity index (χ2n) is 2.25. The Bertz CT molecular complexity index is 127. The van der Waals surface area contributed by atoms with Gasteiger partial charge in [-0.15, -0.1) is 24.2 Å². The minimum atomic E-state index is 0. The van der Waals surface area contributed by atoms with Crippen molar-refractivity contribution in [2.45, 2.75) is 12.3 Å². The van der Waals surface area contributed by atoms with E-state index in [9.17, 15) is 0 Å². The summed E-state index contributed by atoms with van der Waals surface area (Å²) in [5.41, 5.74) is 0. The molecule has 1 aliphatic rings. The molecule has 0 N–H and O–H groups in total. The highest BCUT2D eigenvalue weighted by molar-refractivity contribution is 8.02. The van der Waals surface area contributed by atoms with Crippen LogP contribution in [0.3, 0.4) is 0 Å². The number of hydrazine groups is 1. The summed E-state index contributed by atoms with van der Waals surface area (Å²) in [5, 5.41) is 6.95. The van der Waals surface area contributed by atoms with E-state index in [1.807, 2.05) is 25.9 Å². The van der Waals surface area contributed by atoms with Crippen LogP contribution in [0.2, 0.25) is 0 Å². The molecule has 0 fully saturated rings. The van der Waals surface area contributed by atoms with Crippen molar-refractivity contribution in [1.29, 1.82) is 0 Å². The van der Waals surface area contributed by atoms with Gasteiger partial charge in [0.2, 0.25) is 0 Å². The maximum Gasteiger partial charge on any atom is 0.0914 e. The first-order valence-corrected chi connectivity index (χ1v) is 3.94. The Morgan fingerprint density at radius 1 is 1.50 bits per heavy atom. The third kappa shape index (κ3) is 2.08. The van der Waals surface area contributed by atoms with Gasteiger partial charge < -0.3 is 0 Å². The van der Waals surface area contributed by atoms with Gasteiger partial charge in [-0.1, -0.05) is 0 Å². The van der Waals surface area contributed by atoms with Crippen molar-refractivity contribution in [3.05, 3.63) is 11.6 Å². The molecule has 0 spiro atoms. The van der Waals surface area contributed by atoms with Crippen molar-refractivity contribution >= 4 is 24.2 Å². The SMILES string of the molecule is CC1SC=CN1N(C)C.Cl. The Morgan fingerprint density at radius 3 is 2.30 bits per heavy atom. The van der Waals surface area contributed by atoms with Gasteiger partial charge in [0, 0.05) is 20.3 Å². The van der Waals surface area contributed by atoms with Crippen LogP contribution in [0, 0.1) is 0 Å². The van der Waals surface area contributed by atoms with Gasteiger partial charge in [-0.25, -0.2) is 5.01 Å². The molecule has 0 aromatic heterocycles. The third-order valence-electron chi connectivity index (χ3n) is 1.32. The van der Waals surface area contributed by atoms with Gasteiger partial charge in [-0.3, -0.25) is 5.01 Å². The van der Waals surface area contributed by atoms with E-state index in [4.69, 9.17) is 0 Å². The molecule has 0 saturated heterocycles. The van der Waals surface area contributed by atoms with Gasteiger partial charge in [0.05, 0.1) is 5.37 Å². The molecule has 1 atom stereocenters. The molecule has 1 rings (SSSR count). The lowest BCUT2D eigenvalue weighted by Gasteiger charge is -2.27. The monoisotopic (exact) mass is 180 g/mol. The molecule has 0 aliphatic carbocycles. The van der Waals surface area contributed by atoms with Crippen LogP contribution >= 0.6 is 24.2 Å². The Kier molecular flexibility index (Phi) is 4.17. The zero-order chi connectivity index (χ0) is 6.85. The minimum Gasteiger partial charge on any atom is -0.300 e. The van der Waals surface area contributed by atoms with E-state index in [0.29, 0.717) is 5.37 Å². The maximum atomic E-state index is 2.19. The van der Waals surface area contributed by atoms with E-state index in [1.165, 1.54) is 0 Å². The predicted octanol–water partition coefficient (Wildman–Crippen LogP) is 1.75. The quantitative estimate of drug-likeness (QED) is 0.607. The van der Waals surface area contributed by atoms with Crippen LogP contribution in [0.15, 0.2) is 11.6 Å². The molecular formula is C6H13ClN2S. The molecule has 2 nitrogen and oxygen atoms in total. The summed E-state index contributed by atoms with van der Waals surface area (Å²) in [7, 11) is 4.10. The van der Waals surface area contributed by atoms with E-state index in [0.717, 1.165) is 0 Å². The number of rotatable bonds is 1. The molecule has 60 valence electrons. The van der Waals surface area contributed by atoms with Gasteiger partial charge in [0.1, 0.15) is 0 Å². The molecule has 4 heteroatoms. The smallest absolute Gasteiger partial charge is 0.0914 e.